The molecule has 1 amide bonds. The maximum absolute atomic E-state index is 13.3. The predicted molar refractivity (Wildman–Crippen MR) is 100 cm³/mol. The second-order valence-corrected chi connectivity index (χ2v) is 8.61. The minimum atomic E-state index is -0.351. The van der Waals surface area contributed by atoms with Crippen molar-refractivity contribution in [2.24, 2.45) is 17.3 Å². The Morgan fingerprint density at radius 1 is 1.27 bits per heavy atom. The Morgan fingerprint density at radius 2 is 2.04 bits per heavy atom. The molecule has 142 valence electrons. The molecule has 2 atom stereocenters. The maximum atomic E-state index is 13.3. The van der Waals surface area contributed by atoms with Crippen molar-refractivity contribution in [3.63, 3.8) is 0 Å². The highest BCUT2D eigenvalue weighted by atomic mass is 16.5. The highest BCUT2D eigenvalue weighted by molar-refractivity contribution is 5.85. The van der Waals surface area contributed by atoms with E-state index in [0.29, 0.717) is 19.3 Å². The minimum Gasteiger partial charge on any atom is -0.381 e. The molecule has 2 aliphatic heterocycles. The van der Waals surface area contributed by atoms with Crippen molar-refractivity contribution in [3.05, 3.63) is 17.1 Å². The van der Waals surface area contributed by atoms with Crippen LogP contribution in [0, 0.1) is 38.0 Å². The lowest BCUT2D eigenvalue weighted by atomic mass is 9.72. The Kier molecular flexibility index (Phi) is 4.41. The molecule has 3 heterocycles. The van der Waals surface area contributed by atoms with Gasteiger partial charge in [-0.2, -0.15) is 0 Å². The standard InChI is InChI=1S/C20H30N4O2/c1-12-7-17(8-12)23-19(25)20-5-6-26-10-16(20)9-24(11-20)18-13(2)14(3)21-15(4)22-18/h12,16-17H,5-11H2,1-4H3,(H,23,25). The van der Waals surface area contributed by atoms with Gasteiger partial charge in [-0.05, 0) is 46.0 Å². The monoisotopic (exact) mass is 358 g/mol. The Bertz CT molecular complexity index is 716. The van der Waals surface area contributed by atoms with Gasteiger partial charge in [-0.15, -0.1) is 0 Å². The van der Waals surface area contributed by atoms with Crippen molar-refractivity contribution in [1.29, 1.82) is 0 Å². The Hall–Kier alpha value is -1.69. The zero-order valence-electron chi connectivity index (χ0n) is 16.3. The molecule has 3 fully saturated rings. The fourth-order valence-corrected chi connectivity index (χ4v) is 4.89. The number of ether oxygens (including phenoxy) is 1. The fraction of sp³-hybridized carbons (Fsp3) is 0.750. The Labute approximate surface area is 155 Å². The van der Waals surface area contributed by atoms with Crippen LogP contribution < -0.4 is 10.2 Å². The summed E-state index contributed by atoms with van der Waals surface area (Å²) in [6, 6.07) is 0.356. The zero-order chi connectivity index (χ0) is 18.5. The van der Waals surface area contributed by atoms with E-state index in [9.17, 15) is 4.79 Å². The molecule has 4 rings (SSSR count). The number of anilines is 1. The summed E-state index contributed by atoms with van der Waals surface area (Å²) in [6.45, 7) is 11.2. The van der Waals surface area contributed by atoms with Crippen molar-refractivity contribution in [2.75, 3.05) is 31.2 Å². The number of carbonyl (C=O) groups excluding carboxylic acids is 1. The molecule has 0 aromatic carbocycles. The van der Waals surface area contributed by atoms with Crippen LogP contribution in [-0.4, -0.2) is 48.2 Å². The molecule has 1 saturated carbocycles. The lowest BCUT2D eigenvalue weighted by Gasteiger charge is -2.40. The molecular formula is C20H30N4O2. The summed E-state index contributed by atoms with van der Waals surface area (Å²) in [5, 5.41) is 3.33. The lowest BCUT2D eigenvalue weighted by Crippen LogP contribution is -2.55. The molecular weight excluding hydrogens is 328 g/mol. The molecule has 2 saturated heterocycles. The third-order valence-corrected chi connectivity index (χ3v) is 6.64. The Morgan fingerprint density at radius 3 is 2.77 bits per heavy atom. The molecule has 0 radical (unpaired) electrons. The van der Waals surface area contributed by atoms with Gasteiger partial charge in [0.2, 0.25) is 5.91 Å². The molecule has 6 heteroatoms. The second kappa shape index (κ2) is 6.48. The Balaban J connectivity index is 1.59. The summed E-state index contributed by atoms with van der Waals surface area (Å²) < 4.78 is 5.74. The number of rotatable bonds is 3. The van der Waals surface area contributed by atoms with Gasteiger partial charge in [-0.1, -0.05) is 6.92 Å². The van der Waals surface area contributed by atoms with E-state index in [1.54, 1.807) is 0 Å². The van der Waals surface area contributed by atoms with Gasteiger partial charge >= 0.3 is 0 Å². The summed E-state index contributed by atoms with van der Waals surface area (Å²) in [6.07, 6.45) is 3.01. The van der Waals surface area contributed by atoms with E-state index in [0.717, 1.165) is 61.2 Å². The van der Waals surface area contributed by atoms with Crippen LogP contribution in [0.25, 0.3) is 0 Å². The van der Waals surface area contributed by atoms with Gasteiger partial charge in [0.05, 0.1) is 12.0 Å². The van der Waals surface area contributed by atoms with Gasteiger partial charge < -0.3 is 15.0 Å². The van der Waals surface area contributed by atoms with Crippen LogP contribution in [0.5, 0.6) is 0 Å². The summed E-state index contributed by atoms with van der Waals surface area (Å²) >= 11 is 0. The number of nitrogens with zero attached hydrogens (tertiary/aromatic N) is 3. The first kappa shape index (κ1) is 17.7. The summed E-state index contributed by atoms with van der Waals surface area (Å²) in [5.41, 5.74) is 1.77. The normalized spacial score (nSPS) is 33.5. The van der Waals surface area contributed by atoms with E-state index in [-0.39, 0.29) is 17.2 Å². The first-order valence-corrected chi connectivity index (χ1v) is 9.84. The smallest absolute Gasteiger partial charge is 0.228 e. The van der Waals surface area contributed by atoms with Crippen LogP contribution in [0.4, 0.5) is 5.82 Å². The number of carbonyl (C=O) groups is 1. The third-order valence-electron chi connectivity index (χ3n) is 6.64. The molecule has 3 aliphatic rings. The third kappa shape index (κ3) is 2.88. The zero-order valence-corrected chi connectivity index (χ0v) is 16.3. The van der Waals surface area contributed by atoms with Crippen LogP contribution in [0.2, 0.25) is 0 Å². The number of hydrogen-bond acceptors (Lipinski definition) is 5. The highest BCUT2D eigenvalue weighted by Gasteiger charge is 2.54. The van der Waals surface area contributed by atoms with Crippen LogP contribution >= 0.6 is 0 Å². The SMILES string of the molecule is Cc1nc(C)c(C)c(N2CC3COCCC3(C(=O)NC3CC(C)C3)C2)n1. The largest absolute Gasteiger partial charge is 0.381 e. The number of amides is 1. The van der Waals surface area contributed by atoms with E-state index in [2.05, 4.69) is 29.0 Å². The summed E-state index contributed by atoms with van der Waals surface area (Å²) in [4.78, 5) is 24.7. The number of fused-ring (bicyclic) bond motifs is 1. The molecule has 26 heavy (non-hydrogen) atoms. The van der Waals surface area contributed by atoms with Gasteiger partial charge in [0.1, 0.15) is 11.6 Å². The lowest BCUT2D eigenvalue weighted by molar-refractivity contribution is -0.140. The molecule has 2 unspecified atom stereocenters. The van der Waals surface area contributed by atoms with Crippen LogP contribution in [0.3, 0.4) is 0 Å². The summed E-state index contributed by atoms with van der Waals surface area (Å²) in [5.74, 6) is 2.96. The van der Waals surface area contributed by atoms with E-state index >= 15 is 0 Å². The minimum absolute atomic E-state index is 0.226. The topological polar surface area (TPSA) is 67.4 Å². The van der Waals surface area contributed by atoms with Gasteiger partial charge in [0.15, 0.2) is 0 Å². The predicted octanol–water partition coefficient (Wildman–Crippen LogP) is 2.16. The van der Waals surface area contributed by atoms with Gasteiger partial charge in [0, 0.05) is 42.9 Å². The highest BCUT2D eigenvalue weighted by Crippen LogP contribution is 2.44. The van der Waals surface area contributed by atoms with Crippen LogP contribution in [0.1, 0.15) is 43.3 Å². The van der Waals surface area contributed by atoms with Crippen molar-refractivity contribution >= 4 is 11.7 Å². The van der Waals surface area contributed by atoms with Crippen LogP contribution in [-0.2, 0) is 9.53 Å². The van der Waals surface area contributed by atoms with E-state index in [4.69, 9.17) is 9.72 Å². The number of aromatic nitrogens is 2. The van der Waals surface area contributed by atoms with Crippen molar-refractivity contribution in [3.8, 4) is 0 Å². The first-order valence-electron chi connectivity index (χ1n) is 9.84. The van der Waals surface area contributed by atoms with Crippen molar-refractivity contribution < 1.29 is 9.53 Å². The van der Waals surface area contributed by atoms with E-state index < -0.39 is 0 Å². The maximum Gasteiger partial charge on any atom is 0.228 e. The van der Waals surface area contributed by atoms with Gasteiger partial charge in [0.25, 0.3) is 0 Å². The van der Waals surface area contributed by atoms with Crippen molar-refractivity contribution in [1.82, 2.24) is 15.3 Å². The molecule has 1 N–H and O–H groups in total. The first-order chi connectivity index (χ1) is 12.4. The number of hydrogen-bond donors (Lipinski definition) is 1. The molecule has 0 bridgehead atoms. The fourth-order valence-electron chi connectivity index (χ4n) is 4.89. The summed E-state index contributed by atoms with van der Waals surface area (Å²) in [7, 11) is 0. The second-order valence-electron chi connectivity index (χ2n) is 8.61. The number of aryl methyl sites for hydroxylation is 2. The molecule has 6 nitrogen and oxygen atoms in total. The number of nitrogens with one attached hydrogen (secondary N) is 1. The average Bonchev–Trinajstić information content (AvgIpc) is 2.97. The molecule has 1 aromatic heterocycles. The van der Waals surface area contributed by atoms with Gasteiger partial charge in [-0.3, -0.25) is 4.79 Å². The van der Waals surface area contributed by atoms with Crippen LogP contribution in [0.15, 0.2) is 0 Å². The quantitative estimate of drug-likeness (QED) is 0.897. The molecule has 1 aliphatic carbocycles. The average molecular weight is 358 g/mol. The molecule has 0 spiro atoms. The van der Waals surface area contributed by atoms with E-state index in [1.807, 2.05) is 13.8 Å². The van der Waals surface area contributed by atoms with Crippen molar-refractivity contribution in [2.45, 2.75) is 53.0 Å². The van der Waals surface area contributed by atoms with Gasteiger partial charge in [-0.25, -0.2) is 9.97 Å². The molecule has 1 aromatic rings. The van der Waals surface area contributed by atoms with E-state index in [1.165, 1.54) is 0 Å².